The predicted molar refractivity (Wildman–Crippen MR) is 93.7 cm³/mol. The van der Waals surface area contributed by atoms with Gasteiger partial charge in [-0.05, 0) is 17.7 Å². The van der Waals surface area contributed by atoms with E-state index in [2.05, 4.69) is 12.1 Å². The second-order valence-electron chi connectivity index (χ2n) is 6.70. The van der Waals surface area contributed by atoms with Crippen LogP contribution in [0.4, 0.5) is 11.4 Å². The molecule has 0 aromatic heterocycles. The summed E-state index contributed by atoms with van der Waals surface area (Å²) in [5.41, 5.74) is 2.86. The fourth-order valence-electron chi connectivity index (χ4n) is 3.85. The second-order valence-corrected chi connectivity index (χ2v) is 6.70. The number of carbonyl (C=O) groups is 2. The lowest BCUT2D eigenvalue weighted by Gasteiger charge is -2.29. The summed E-state index contributed by atoms with van der Waals surface area (Å²) >= 11 is 0. The van der Waals surface area contributed by atoms with Gasteiger partial charge >= 0.3 is 0 Å². The van der Waals surface area contributed by atoms with E-state index in [4.69, 9.17) is 0 Å². The monoisotopic (exact) mass is 352 g/mol. The Morgan fingerprint density at radius 1 is 1.04 bits per heavy atom. The number of nitro benzene ring substituents is 1. The normalized spacial score (nSPS) is 22.4. The van der Waals surface area contributed by atoms with Gasteiger partial charge in [0.05, 0.1) is 23.6 Å². The quantitative estimate of drug-likeness (QED) is 0.505. The van der Waals surface area contributed by atoms with Crippen molar-refractivity contribution < 1.29 is 19.4 Å². The minimum atomic E-state index is -0.504. The molecule has 2 aliphatic heterocycles. The smallest absolute Gasteiger partial charge is 0.292 e. The first-order valence-electron chi connectivity index (χ1n) is 8.57. The molecule has 1 saturated heterocycles. The maximum atomic E-state index is 12.9. The molecular weight excluding hydrogens is 334 g/mol. The van der Waals surface area contributed by atoms with E-state index >= 15 is 0 Å². The van der Waals surface area contributed by atoms with Crippen LogP contribution in [0, 0.1) is 10.1 Å². The number of amides is 2. The van der Waals surface area contributed by atoms with Crippen molar-refractivity contribution in [3.05, 3.63) is 69.8 Å². The van der Waals surface area contributed by atoms with Crippen LogP contribution in [0.1, 0.15) is 17.5 Å². The molecule has 2 aromatic rings. The molecule has 4 rings (SSSR count). The Balaban J connectivity index is 1.55. The zero-order chi connectivity index (χ0) is 18.3. The van der Waals surface area contributed by atoms with Crippen LogP contribution in [0.5, 0.6) is 0 Å². The molecule has 1 fully saturated rings. The zero-order valence-corrected chi connectivity index (χ0v) is 14.1. The summed E-state index contributed by atoms with van der Waals surface area (Å²) in [5.74, 6) is -0.474. The number of quaternary nitrogens is 1. The highest BCUT2D eigenvalue weighted by atomic mass is 16.6. The van der Waals surface area contributed by atoms with E-state index in [1.165, 1.54) is 40.3 Å². The molecule has 2 heterocycles. The van der Waals surface area contributed by atoms with Crippen molar-refractivity contribution >= 4 is 23.2 Å². The van der Waals surface area contributed by atoms with Gasteiger partial charge in [0.1, 0.15) is 6.54 Å². The molecule has 2 aliphatic rings. The second kappa shape index (κ2) is 6.34. The molecule has 2 atom stereocenters. The third kappa shape index (κ3) is 2.76. The average Bonchev–Trinajstić information content (AvgIpc) is 2.95. The fraction of sp³-hybridized carbons (Fsp3) is 0.263. The first-order valence-corrected chi connectivity index (χ1v) is 8.57. The van der Waals surface area contributed by atoms with Crippen molar-refractivity contribution in [2.45, 2.75) is 25.4 Å². The first kappa shape index (κ1) is 16.4. The Bertz CT molecular complexity index is 894. The van der Waals surface area contributed by atoms with E-state index in [0.717, 1.165) is 24.4 Å². The number of nitrogens with zero attached hydrogens (tertiary/aromatic N) is 2. The van der Waals surface area contributed by atoms with E-state index in [1.54, 1.807) is 0 Å². The molecule has 1 unspecified atom stereocenters. The summed E-state index contributed by atoms with van der Waals surface area (Å²) in [7, 11) is 0. The summed E-state index contributed by atoms with van der Waals surface area (Å²) in [6.07, 6.45) is 1.06. The van der Waals surface area contributed by atoms with Crippen LogP contribution < -0.4 is 9.80 Å². The molecule has 132 valence electrons. The molecule has 7 heteroatoms. The summed E-state index contributed by atoms with van der Waals surface area (Å²) in [5, 5.41) is 10.8. The highest BCUT2D eigenvalue weighted by molar-refractivity contribution is 6.21. The SMILES string of the molecule is O=C1C[C@@H]([NH+]2CCc3ccccc3C2)C(=O)N1c1ccc([N+](=O)[O-])cc1. The minimum absolute atomic E-state index is 0.0670. The largest absolute Gasteiger partial charge is 0.320 e. The van der Waals surface area contributed by atoms with E-state index in [0.29, 0.717) is 5.69 Å². The number of hydrogen-bond acceptors (Lipinski definition) is 4. The van der Waals surface area contributed by atoms with Gasteiger partial charge in [-0.2, -0.15) is 0 Å². The van der Waals surface area contributed by atoms with Gasteiger partial charge in [-0.3, -0.25) is 19.7 Å². The molecule has 2 aromatic carbocycles. The third-order valence-corrected chi connectivity index (χ3v) is 5.21. The van der Waals surface area contributed by atoms with Crippen LogP contribution in [0.2, 0.25) is 0 Å². The lowest BCUT2D eigenvalue weighted by molar-refractivity contribution is -0.930. The van der Waals surface area contributed by atoms with Crippen molar-refractivity contribution in [2.75, 3.05) is 11.4 Å². The van der Waals surface area contributed by atoms with Crippen LogP contribution in [0.3, 0.4) is 0 Å². The van der Waals surface area contributed by atoms with Gasteiger partial charge in [-0.25, -0.2) is 4.90 Å². The molecular formula is C19H18N3O4+. The topological polar surface area (TPSA) is 85.0 Å². The maximum Gasteiger partial charge on any atom is 0.292 e. The van der Waals surface area contributed by atoms with Gasteiger partial charge < -0.3 is 4.90 Å². The Kier molecular flexibility index (Phi) is 4.00. The molecule has 0 aliphatic carbocycles. The predicted octanol–water partition coefficient (Wildman–Crippen LogP) is 0.868. The summed E-state index contributed by atoms with van der Waals surface area (Å²) in [4.78, 5) is 37.9. The summed E-state index contributed by atoms with van der Waals surface area (Å²) in [6, 6.07) is 13.3. The van der Waals surface area contributed by atoms with Crippen molar-refractivity contribution in [3.8, 4) is 0 Å². The number of fused-ring (bicyclic) bond motifs is 1. The van der Waals surface area contributed by atoms with Gasteiger partial charge in [0.15, 0.2) is 6.04 Å². The van der Waals surface area contributed by atoms with Crippen LogP contribution in [0.15, 0.2) is 48.5 Å². The minimum Gasteiger partial charge on any atom is -0.320 e. The Hall–Kier alpha value is -3.06. The number of benzene rings is 2. The van der Waals surface area contributed by atoms with Crippen molar-refractivity contribution in [2.24, 2.45) is 0 Å². The third-order valence-electron chi connectivity index (χ3n) is 5.21. The van der Waals surface area contributed by atoms with Gasteiger partial charge in [0.2, 0.25) is 5.91 Å². The zero-order valence-electron chi connectivity index (χ0n) is 14.1. The maximum absolute atomic E-state index is 12.9. The molecule has 0 spiro atoms. The van der Waals surface area contributed by atoms with E-state index in [9.17, 15) is 19.7 Å². The van der Waals surface area contributed by atoms with Crippen molar-refractivity contribution in [3.63, 3.8) is 0 Å². The standard InChI is InChI=1S/C19H17N3O4/c23-18-11-17(20-10-9-13-3-1-2-4-14(13)12-20)19(24)21(18)15-5-7-16(8-6-15)22(25)26/h1-8,17H,9-12H2/p+1/t17-/m1/s1. The molecule has 26 heavy (non-hydrogen) atoms. The van der Waals surface area contributed by atoms with Crippen LogP contribution in [-0.2, 0) is 22.6 Å². The molecule has 1 N–H and O–H groups in total. The number of rotatable bonds is 3. The van der Waals surface area contributed by atoms with Gasteiger partial charge in [-0.15, -0.1) is 0 Å². The number of imide groups is 1. The Morgan fingerprint density at radius 2 is 1.73 bits per heavy atom. The highest BCUT2D eigenvalue weighted by Gasteiger charge is 2.46. The van der Waals surface area contributed by atoms with E-state index in [1.807, 2.05) is 12.1 Å². The average molecular weight is 352 g/mol. The molecule has 2 amide bonds. The van der Waals surface area contributed by atoms with Crippen molar-refractivity contribution in [1.29, 1.82) is 0 Å². The summed E-state index contributed by atoms with van der Waals surface area (Å²) in [6.45, 7) is 1.54. The molecule has 0 bridgehead atoms. The van der Waals surface area contributed by atoms with Crippen LogP contribution in [-0.4, -0.2) is 29.3 Å². The number of carbonyl (C=O) groups excluding carboxylic acids is 2. The molecule has 0 saturated carbocycles. The first-order chi connectivity index (χ1) is 12.5. The highest BCUT2D eigenvalue weighted by Crippen LogP contribution is 2.25. The van der Waals surface area contributed by atoms with Crippen LogP contribution in [0.25, 0.3) is 0 Å². The Morgan fingerprint density at radius 3 is 2.42 bits per heavy atom. The van der Waals surface area contributed by atoms with Crippen LogP contribution >= 0.6 is 0 Å². The lowest BCUT2D eigenvalue weighted by Crippen LogP contribution is -3.16. The number of hydrogen-bond donors (Lipinski definition) is 1. The molecule has 7 nitrogen and oxygen atoms in total. The number of nitrogens with one attached hydrogen (secondary N) is 1. The molecule has 0 radical (unpaired) electrons. The lowest BCUT2D eigenvalue weighted by atomic mass is 9.98. The number of non-ortho nitro benzene ring substituents is 1. The van der Waals surface area contributed by atoms with Gasteiger partial charge in [0.25, 0.3) is 11.6 Å². The van der Waals surface area contributed by atoms with Gasteiger partial charge in [0, 0.05) is 24.1 Å². The fourth-order valence-corrected chi connectivity index (χ4v) is 3.85. The number of nitro groups is 1. The van der Waals surface area contributed by atoms with Crippen molar-refractivity contribution in [1.82, 2.24) is 0 Å². The summed E-state index contributed by atoms with van der Waals surface area (Å²) < 4.78 is 0. The number of anilines is 1. The van der Waals surface area contributed by atoms with E-state index < -0.39 is 11.0 Å². The Labute approximate surface area is 150 Å². The van der Waals surface area contributed by atoms with Gasteiger partial charge in [-0.1, -0.05) is 24.3 Å². The van der Waals surface area contributed by atoms with E-state index in [-0.39, 0.29) is 23.9 Å².